The van der Waals surface area contributed by atoms with Crippen LogP contribution in [0.2, 0.25) is 15.1 Å². The van der Waals surface area contributed by atoms with Crippen molar-refractivity contribution in [3.05, 3.63) is 63.1 Å². The maximum Gasteiger partial charge on any atom is 0.319 e. The van der Waals surface area contributed by atoms with Crippen LogP contribution in [0.25, 0.3) is 0 Å². The molecule has 3 rings (SSSR count). The molecule has 0 bridgehead atoms. The van der Waals surface area contributed by atoms with Gasteiger partial charge in [-0.1, -0.05) is 46.9 Å². The van der Waals surface area contributed by atoms with Gasteiger partial charge in [-0.3, -0.25) is 4.79 Å². The molecule has 2 unspecified atom stereocenters. The Morgan fingerprint density at radius 3 is 2.41 bits per heavy atom. The molecule has 1 saturated heterocycles. The summed E-state index contributed by atoms with van der Waals surface area (Å²) in [4.78, 5) is 26.1. The lowest BCUT2D eigenvalue weighted by Crippen LogP contribution is -2.36. The standard InChI is InChI=1S/C23H27Cl3N4O2/c1-15(31)28-21-7-9-30(14-21)8-6-17(16-2-4-18(24)5-3-16)13-27-23(32)29-22-11-19(25)10-20(26)12-22/h2-5,10-12,17,21H,6-9,13-14H2,1H3,(H,28,31)(H2,27,29,32). The summed E-state index contributed by atoms with van der Waals surface area (Å²) < 4.78 is 0. The third-order valence-corrected chi connectivity index (χ3v) is 6.13. The monoisotopic (exact) mass is 496 g/mol. The lowest BCUT2D eigenvalue weighted by atomic mass is 9.95. The Morgan fingerprint density at radius 1 is 1.06 bits per heavy atom. The van der Waals surface area contributed by atoms with E-state index < -0.39 is 0 Å². The number of nitrogens with one attached hydrogen (secondary N) is 3. The van der Waals surface area contributed by atoms with Gasteiger partial charge in [-0.05, 0) is 55.3 Å². The van der Waals surface area contributed by atoms with Gasteiger partial charge in [0.2, 0.25) is 5.91 Å². The van der Waals surface area contributed by atoms with Crippen molar-refractivity contribution >= 4 is 52.4 Å². The molecule has 3 N–H and O–H groups in total. The number of anilines is 1. The number of hydrogen-bond acceptors (Lipinski definition) is 3. The van der Waals surface area contributed by atoms with E-state index >= 15 is 0 Å². The maximum absolute atomic E-state index is 12.5. The highest BCUT2D eigenvalue weighted by molar-refractivity contribution is 6.35. The van der Waals surface area contributed by atoms with Crippen LogP contribution in [0.3, 0.4) is 0 Å². The average Bonchev–Trinajstić information content (AvgIpc) is 3.14. The molecule has 32 heavy (non-hydrogen) atoms. The van der Waals surface area contributed by atoms with Crippen LogP contribution in [-0.2, 0) is 4.79 Å². The van der Waals surface area contributed by atoms with Gasteiger partial charge in [-0.2, -0.15) is 0 Å². The number of benzene rings is 2. The summed E-state index contributed by atoms with van der Waals surface area (Å²) in [5.74, 6) is 0.118. The minimum atomic E-state index is -0.325. The normalized spacial score (nSPS) is 17.1. The molecule has 2 aromatic carbocycles. The Bertz CT molecular complexity index is 919. The van der Waals surface area contributed by atoms with Crippen LogP contribution in [0.15, 0.2) is 42.5 Å². The largest absolute Gasteiger partial charge is 0.352 e. The van der Waals surface area contributed by atoms with E-state index in [0.29, 0.717) is 27.3 Å². The molecule has 0 saturated carbocycles. The fourth-order valence-corrected chi connectivity index (χ4v) is 4.57. The Hall–Kier alpha value is -1.99. The highest BCUT2D eigenvalue weighted by Gasteiger charge is 2.24. The molecule has 1 aliphatic rings. The van der Waals surface area contributed by atoms with Gasteiger partial charge in [0.05, 0.1) is 0 Å². The Morgan fingerprint density at radius 2 is 1.75 bits per heavy atom. The molecule has 2 atom stereocenters. The fourth-order valence-electron chi connectivity index (χ4n) is 3.92. The van der Waals surface area contributed by atoms with E-state index in [4.69, 9.17) is 34.8 Å². The van der Waals surface area contributed by atoms with Crippen LogP contribution in [0.5, 0.6) is 0 Å². The first-order chi connectivity index (χ1) is 15.3. The van der Waals surface area contributed by atoms with Gasteiger partial charge in [-0.15, -0.1) is 0 Å². The molecular formula is C23H27Cl3N4O2. The summed E-state index contributed by atoms with van der Waals surface area (Å²) in [5.41, 5.74) is 1.64. The van der Waals surface area contributed by atoms with Crippen molar-refractivity contribution in [2.24, 2.45) is 0 Å². The first-order valence-electron chi connectivity index (χ1n) is 10.5. The molecule has 0 radical (unpaired) electrons. The van der Waals surface area contributed by atoms with Crippen molar-refractivity contribution in [1.82, 2.24) is 15.5 Å². The first kappa shape index (κ1) is 24.6. The fraction of sp³-hybridized carbons (Fsp3) is 0.391. The number of urea groups is 1. The molecule has 1 heterocycles. The Labute approximate surface area is 203 Å². The first-order valence-corrected chi connectivity index (χ1v) is 11.7. The average molecular weight is 498 g/mol. The van der Waals surface area contributed by atoms with Crippen molar-refractivity contribution < 1.29 is 9.59 Å². The summed E-state index contributed by atoms with van der Waals surface area (Å²) in [5, 5.41) is 10.3. The number of hydrogen-bond donors (Lipinski definition) is 3. The second-order valence-electron chi connectivity index (χ2n) is 8.02. The molecule has 9 heteroatoms. The van der Waals surface area contributed by atoms with Gasteiger partial charge < -0.3 is 20.9 Å². The molecule has 0 spiro atoms. The third-order valence-electron chi connectivity index (χ3n) is 5.44. The van der Waals surface area contributed by atoms with Crippen LogP contribution in [0.1, 0.15) is 31.2 Å². The lowest BCUT2D eigenvalue weighted by molar-refractivity contribution is -0.119. The van der Waals surface area contributed by atoms with Crippen molar-refractivity contribution in [2.75, 3.05) is 31.5 Å². The van der Waals surface area contributed by atoms with Crippen LogP contribution in [-0.4, -0.2) is 49.1 Å². The lowest BCUT2D eigenvalue weighted by Gasteiger charge is -2.22. The summed E-state index contributed by atoms with van der Waals surface area (Å²) in [7, 11) is 0. The van der Waals surface area contributed by atoms with Crippen LogP contribution in [0.4, 0.5) is 10.5 Å². The van der Waals surface area contributed by atoms with E-state index in [-0.39, 0.29) is 23.9 Å². The number of carbonyl (C=O) groups excluding carboxylic acids is 2. The van der Waals surface area contributed by atoms with Gasteiger partial charge in [0, 0.05) is 59.3 Å². The number of halogens is 3. The highest BCUT2D eigenvalue weighted by atomic mass is 35.5. The van der Waals surface area contributed by atoms with Gasteiger partial charge in [0.25, 0.3) is 0 Å². The summed E-state index contributed by atoms with van der Waals surface area (Å²) in [6.07, 6.45) is 1.81. The highest BCUT2D eigenvalue weighted by Crippen LogP contribution is 2.24. The zero-order chi connectivity index (χ0) is 23.1. The van der Waals surface area contributed by atoms with Gasteiger partial charge >= 0.3 is 6.03 Å². The number of likely N-dealkylation sites (tertiary alicyclic amines) is 1. The third kappa shape index (κ3) is 7.85. The minimum Gasteiger partial charge on any atom is -0.352 e. The predicted octanol–water partition coefficient (Wildman–Crippen LogP) is 5.15. The molecule has 1 fully saturated rings. The van der Waals surface area contributed by atoms with Gasteiger partial charge in [0.15, 0.2) is 0 Å². The topological polar surface area (TPSA) is 73.5 Å². The van der Waals surface area contributed by atoms with Crippen LogP contribution >= 0.6 is 34.8 Å². The number of carbonyl (C=O) groups is 2. The van der Waals surface area contributed by atoms with Crippen molar-refractivity contribution in [3.63, 3.8) is 0 Å². The zero-order valence-corrected chi connectivity index (χ0v) is 20.1. The number of amides is 3. The van der Waals surface area contributed by atoms with Crippen molar-refractivity contribution in [1.29, 1.82) is 0 Å². The zero-order valence-electron chi connectivity index (χ0n) is 17.8. The smallest absolute Gasteiger partial charge is 0.319 e. The van der Waals surface area contributed by atoms with Crippen molar-refractivity contribution in [3.8, 4) is 0 Å². The van der Waals surface area contributed by atoms with Gasteiger partial charge in [0.1, 0.15) is 0 Å². The summed E-state index contributed by atoms with van der Waals surface area (Å²) in [6.45, 7) is 4.67. The molecule has 3 amide bonds. The van der Waals surface area contributed by atoms with E-state index in [1.165, 1.54) is 0 Å². The molecule has 2 aromatic rings. The molecule has 6 nitrogen and oxygen atoms in total. The molecule has 1 aliphatic heterocycles. The molecule has 0 aliphatic carbocycles. The molecule has 172 valence electrons. The number of rotatable bonds is 8. The quantitative estimate of drug-likeness (QED) is 0.472. The van der Waals surface area contributed by atoms with E-state index in [9.17, 15) is 9.59 Å². The summed E-state index contributed by atoms with van der Waals surface area (Å²) >= 11 is 18.1. The predicted molar refractivity (Wildman–Crippen MR) is 131 cm³/mol. The second kappa shape index (κ2) is 11.8. The van der Waals surface area contributed by atoms with E-state index in [2.05, 4.69) is 20.9 Å². The van der Waals surface area contributed by atoms with E-state index in [1.807, 2.05) is 24.3 Å². The maximum atomic E-state index is 12.5. The van der Waals surface area contributed by atoms with Crippen LogP contribution < -0.4 is 16.0 Å². The summed E-state index contributed by atoms with van der Waals surface area (Å²) in [6, 6.07) is 12.5. The van der Waals surface area contributed by atoms with Gasteiger partial charge in [-0.25, -0.2) is 4.79 Å². The molecule has 0 aromatic heterocycles. The van der Waals surface area contributed by atoms with Crippen molar-refractivity contribution in [2.45, 2.75) is 31.7 Å². The van der Waals surface area contributed by atoms with Crippen LogP contribution in [0, 0.1) is 0 Å². The SMILES string of the molecule is CC(=O)NC1CCN(CCC(CNC(=O)Nc2cc(Cl)cc(Cl)c2)c2ccc(Cl)cc2)C1. The van der Waals surface area contributed by atoms with E-state index in [0.717, 1.165) is 38.0 Å². The Balaban J connectivity index is 1.57. The minimum absolute atomic E-state index is 0.00657. The number of nitrogens with zero attached hydrogens (tertiary/aromatic N) is 1. The van der Waals surface area contributed by atoms with E-state index in [1.54, 1.807) is 25.1 Å². The Kier molecular flexibility index (Phi) is 9.05. The second-order valence-corrected chi connectivity index (χ2v) is 9.33. The molecular weight excluding hydrogens is 471 g/mol.